The van der Waals surface area contributed by atoms with Gasteiger partial charge in [0, 0.05) is 17.4 Å². The van der Waals surface area contributed by atoms with Crippen molar-refractivity contribution in [2.75, 3.05) is 24.9 Å². The topological polar surface area (TPSA) is 51.1 Å². The maximum Gasteiger partial charge on any atom is 0.283 e. The zero-order chi connectivity index (χ0) is 20.8. The van der Waals surface area contributed by atoms with Gasteiger partial charge in [-0.2, -0.15) is 0 Å². The number of hydrogen-bond donors (Lipinski definition) is 0. The van der Waals surface area contributed by atoms with Crippen molar-refractivity contribution in [3.8, 4) is 11.5 Å². The molecule has 8 heteroatoms. The van der Waals surface area contributed by atoms with Gasteiger partial charge in [0.2, 0.25) is 0 Å². The van der Waals surface area contributed by atoms with Crippen LogP contribution in [0.5, 0.6) is 11.5 Å². The number of carbonyl (C=O) groups excluding carboxylic acids is 1. The molecule has 29 heavy (non-hydrogen) atoms. The van der Waals surface area contributed by atoms with Gasteiger partial charge >= 0.3 is 0 Å². The molecule has 0 aliphatic carbocycles. The largest absolute Gasteiger partial charge is 0.497 e. The van der Waals surface area contributed by atoms with Crippen molar-refractivity contribution in [1.82, 2.24) is 0 Å². The van der Waals surface area contributed by atoms with Crippen LogP contribution in [0.2, 0.25) is 5.02 Å². The van der Waals surface area contributed by atoms with Crippen molar-refractivity contribution < 1.29 is 14.3 Å². The molecule has 1 aliphatic rings. The first-order valence-corrected chi connectivity index (χ1v) is 10.4. The van der Waals surface area contributed by atoms with Crippen molar-refractivity contribution in [1.29, 1.82) is 0 Å². The summed E-state index contributed by atoms with van der Waals surface area (Å²) in [7, 11) is 3.14. The van der Waals surface area contributed by atoms with Gasteiger partial charge in [-0.3, -0.25) is 9.69 Å². The van der Waals surface area contributed by atoms with Crippen molar-refractivity contribution in [2.24, 2.45) is 4.99 Å². The molecule has 0 saturated carbocycles. The second-order valence-electron chi connectivity index (χ2n) is 5.83. The molecule has 0 spiro atoms. The molecule has 3 rings (SSSR count). The minimum atomic E-state index is -0.234. The lowest BCUT2D eigenvalue weighted by Crippen LogP contribution is -2.30. The average Bonchev–Trinajstić information content (AvgIpc) is 3.04. The van der Waals surface area contributed by atoms with E-state index in [1.165, 1.54) is 24.4 Å². The quantitative estimate of drug-likeness (QED) is 0.540. The van der Waals surface area contributed by atoms with Crippen LogP contribution in [0.1, 0.15) is 5.56 Å². The number of anilines is 1. The summed E-state index contributed by atoms with van der Waals surface area (Å²) in [6.45, 7) is 0. The third kappa shape index (κ3) is 4.96. The van der Waals surface area contributed by atoms with Gasteiger partial charge in [0.15, 0.2) is 5.17 Å². The van der Waals surface area contributed by atoms with Crippen LogP contribution in [-0.2, 0) is 4.79 Å². The number of amidine groups is 1. The molecule has 2 aromatic rings. The highest BCUT2D eigenvalue weighted by atomic mass is 35.5. The van der Waals surface area contributed by atoms with E-state index in [9.17, 15) is 4.79 Å². The third-order valence-corrected chi connectivity index (χ3v) is 5.42. The van der Waals surface area contributed by atoms with Crippen LogP contribution in [0.4, 0.5) is 5.69 Å². The Balaban J connectivity index is 1.97. The van der Waals surface area contributed by atoms with Crippen molar-refractivity contribution in [2.45, 2.75) is 0 Å². The Kier molecular flexibility index (Phi) is 7.25. The summed E-state index contributed by atoms with van der Waals surface area (Å²) >= 11 is 13.2. The van der Waals surface area contributed by atoms with Crippen molar-refractivity contribution in [3.63, 3.8) is 0 Å². The molecule has 0 bridgehead atoms. The van der Waals surface area contributed by atoms with Gasteiger partial charge < -0.3 is 9.47 Å². The Bertz CT molecular complexity index is 988. The lowest BCUT2D eigenvalue weighted by molar-refractivity contribution is -0.113. The van der Waals surface area contributed by atoms with E-state index in [4.69, 9.17) is 32.7 Å². The van der Waals surface area contributed by atoms with Crippen LogP contribution in [0, 0.1) is 0 Å². The minimum Gasteiger partial charge on any atom is -0.497 e. The van der Waals surface area contributed by atoms with Crippen LogP contribution in [0.3, 0.4) is 0 Å². The molecular formula is C21H18Cl2N2O3S. The van der Waals surface area contributed by atoms with Gasteiger partial charge in [-0.25, -0.2) is 4.99 Å². The first-order valence-electron chi connectivity index (χ1n) is 8.58. The summed E-state index contributed by atoms with van der Waals surface area (Å²) < 4.78 is 10.5. The molecule has 0 radical (unpaired) electrons. The summed E-state index contributed by atoms with van der Waals surface area (Å²) in [5.74, 6) is 1.57. The number of hydrogen-bond acceptors (Lipinski definition) is 5. The maximum absolute atomic E-state index is 13.1. The second kappa shape index (κ2) is 9.87. The number of ether oxygens (including phenoxy) is 2. The Morgan fingerprint density at radius 1 is 1.14 bits per heavy atom. The first kappa shape index (κ1) is 21.3. The smallest absolute Gasteiger partial charge is 0.283 e. The van der Waals surface area contributed by atoms with E-state index in [1.807, 2.05) is 24.3 Å². The van der Waals surface area contributed by atoms with Gasteiger partial charge in [-0.15, -0.1) is 0 Å². The number of rotatable bonds is 6. The summed E-state index contributed by atoms with van der Waals surface area (Å²) in [5.41, 5.74) is 3.24. The summed E-state index contributed by atoms with van der Waals surface area (Å²) in [6.07, 6.45) is 3.53. The van der Waals surface area contributed by atoms with Crippen LogP contribution in [0.15, 0.2) is 64.8 Å². The fraction of sp³-hybridized carbons (Fsp3) is 0.143. The van der Waals surface area contributed by atoms with E-state index in [-0.39, 0.29) is 5.91 Å². The Labute approximate surface area is 183 Å². The summed E-state index contributed by atoms with van der Waals surface area (Å²) in [4.78, 5) is 19.2. The van der Waals surface area contributed by atoms with E-state index < -0.39 is 0 Å². The monoisotopic (exact) mass is 448 g/mol. The van der Waals surface area contributed by atoms with E-state index in [1.54, 1.807) is 42.4 Å². The Hall–Kier alpha value is -2.41. The van der Waals surface area contributed by atoms with Gasteiger partial charge in [0.1, 0.15) is 17.2 Å². The molecule has 1 aliphatic heterocycles. The molecule has 0 atom stereocenters. The SMILES string of the molecule is COc1ccc(/C=C2\N=C(SC/C=C/Cl)N(c3ccc(Cl)c(OC)c3)C2=O)cc1. The molecule has 2 aromatic carbocycles. The minimum absolute atomic E-state index is 0.234. The van der Waals surface area contributed by atoms with Crippen LogP contribution < -0.4 is 14.4 Å². The Morgan fingerprint density at radius 3 is 2.55 bits per heavy atom. The average molecular weight is 449 g/mol. The number of nitrogens with zero attached hydrogens (tertiary/aromatic N) is 2. The zero-order valence-electron chi connectivity index (χ0n) is 15.8. The molecule has 5 nitrogen and oxygen atoms in total. The lowest BCUT2D eigenvalue weighted by Gasteiger charge is -2.18. The molecular weight excluding hydrogens is 431 g/mol. The highest BCUT2D eigenvalue weighted by Gasteiger charge is 2.32. The molecule has 0 aromatic heterocycles. The number of benzene rings is 2. The van der Waals surface area contributed by atoms with Crippen molar-refractivity contribution in [3.05, 3.63) is 70.4 Å². The highest BCUT2D eigenvalue weighted by Crippen LogP contribution is 2.34. The van der Waals surface area contributed by atoms with Crippen LogP contribution >= 0.6 is 35.0 Å². The fourth-order valence-corrected chi connectivity index (χ4v) is 3.84. The Morgan fingerprint density at radius 2 is 1.90 bits per heavy atom. The predicted octanol–water partition coefficient (Wildman–Crippen LogP) is 5.59. The van der Waals surface area contributed by atoms with Gasteiger partial charge in [-0.1, -0.05) is 53.2 Å². The van der Waals surface area contributed by atoms with Crippen LogP contribution in [-0.4, -0.2) is 31.0 Å². The number of aliphatic imine (C=N–C) groups is 1. The molecule has 0 fully saturated rings. The zero-order valence-corrected chi connectivity index (χ0v) is 18.1. The predicted molar refractivity (Wildman–Crippen MR) is 121 cm³/mol. The summed E-state index contributed by atoms with van der Waals surface area (Å²) in [5, 5.41) is 1.02. The third-order valence-electron chi connectivity index (χ3n) is 4.04. The fourth-order valence-electron chi connectivity index (χ4n) is 2.63. The van der Waals surface area contributed by atoms with Crippen molar-refractivity contribution >= 4 is 57.8 Å². The number of methoxy groups -OCH3 is 2. The van der Waals surface area contributed by atoms with Gasteiger partial charge in [-0.05, 0) is 35.9 Å². The number of thioether (sulfide) groups is 1. The molecule has 0 saturated heterocycles. The van der Waals surface area contributed by atoms with E-state index in [2.05, 4.69) is 4.99 Å². The van der Waals surface area contributed by atoms with Gasteiger partial charge in [0.05, 0.1) is 24.9 Å². The molecule has 150 valence electrons. The van der Waals surface area contributed by atoms with E-state index >= 15 is 0 Å². The maximum atomic E-state index is 13.1. The van der Waals surface area contributed by atoms with Gasteiger partial charge in [0.25, 0.3) is 5.91 Å². The first-order chi connectivity index (χ1) is 14.1. The highest BCUT2D eigenvalue weighted by molar-refractivity contribution is 8.14. The molecule has 1 heterocycles. The number of halogens is 2. The number of carbonyl (C=O) groups is 1. The molecule has 0 N–H and O–H groups in total. The molecule has 1 amide bonds. The second-order valence-corrected chi connectivity index (χ2v) is 7.48. The summed E-state index contributed by atoms with van der Waals surface area (Å²) in [6, 6.07) is 12.6. The van der Waals surface area contributed by atoms with E-state index in [0.29, 0.717) is 33.1 Å². The van der Waals surface area contributed by atoms with E-state index in [0.717, 1.165) is 11.3 Å². The molecule has 0 unspecified atom stereocenters. The van der Waals surface area contributed by atoms with Crippen LogP contribution in [0.25, 0.3) is 6.08 Å². The normalized spacial score (nSPS) is 15.3. The lowest BCUT2D eigenvalue weighted by atomic mass is 10.2. The number of amides is 1. The standard InChI is InChI=1S/C21H18Cl2N2O3S/c1-27-16-7-4-14(5-8-16)12-18-20(26)25(21(24-18)29-11-3-10-22)15-6-9-17(23)19(13-15)28-2/h3-10,12-13H,11H2,1-2H3/b10-3+,18-12-.